The van der Waals surface area contributed by atoms with Crippen molar-refractivity contribution in [1.29, 1.82) is 0 Å². The second kappa shape index (κ2) is 9.71. The predicted octanol–water partition coefficient (Wildman–Crippen LogP) is 1.76. The lowest BCUT2D eigenvalue weighted by atomic mass is 9.78. The molecule has 1 heterocycles. The minimum atomic E-state index is -0.445. The number of rotatable bonds is 7. The topological polar surface area (TPSA) is 68.8 Å². The Bertz CT molecular complexity index is 528. The molecule has 0 saturated carbocycles. The lowest BCUT2D eigenvalue weighted by Gasteiger charge is -2.35. The molecule has 1 aromatic carbocycles. The minimum Gasteiger partial charge on any atom is -0.497 e. The van der Waals surface area contributed by atoms with Crippen molar-refractivity contribution >= 4 is 18.3 Å². The Hall–Kier alpha value is -1.50. The van der Waals surface area contributed by atoms with Crippen LogP contribution in [0.15, 0.2) is 18.2 Å². The van der Waals surface area contributed by atoms with E-state index in [0.717, 1.165) is 37.2 Å². The molecule has 2 rings (SSSR count). The van der Waals surface area contributed by atoms with Crippen LogP contribution in [0.1, 0.15) is 18.4 Å². The monoisotopic (exact) mass is 358 g/mol. The van der Waals surface area contributed by atoms with E-state index in [-0.39, 0.29) is 18.3 Å². The number of ether oxygens (including phenoxy) is 3. The molecule has 2 N–H and O–H groups in total. The van der Waals surface area contributed by atoms with Crippen molar-refractivity contribution in [3.8, 4) is 11.5 Å². The van der Waals surface area contributed by atoms with Gasteiger partial charge in [-0.1, -0.05) is 0 Å². The summed E-state index contributed by atoms with van der Waals surface area (Å²) in [5, 5.41) is 6.33. The first-order valence-corrected chi connectivity index (χ1v) is 7.84. The molecular formula is C17H27ClN2O4. The maximum Gasteiger partial charge on any atom is 0.228 e. The number of methoxy groups -OCH3 is 3. The SMILES string of the molecule is COCC1(C(=O)NCc2ccc(OC)cc2OC)CCNCC1.Cl. The summed E-state index contributed by atoms with van der Waals surface area (Å²) in [6.45, 7) is 2.54. The number of benzene rings is 1. The summed E-state index contributed by atoms with van der Waals surface area (Å²) in [5.74, 6) is 1.47. The van der Waals surface area contributed by atoms with Gasteiger partial charge in [0.05, 0.1) is 26.2 Å². The highest BCUT2D eigenvalue weighted by atomic mass is 35.5. The van der Waals surface area contributed by atoms with Gasteiger partial charge in [0.1, 0.15) is 11.5 Å². The second-order valence-corrected chi connectivity index (χ2v) is 5.82. The molecule has 0 unspecified atom stereocenters. The number of nitrogens with one attached hydrogen (secondary N) is 2. The van der Waals surface area contributed by atoms with E-state index in [1.54, 1.807) is 21.3 Å². The van der Waals surface area contributed by atoms with Gasteiger partial charge in [0, 0.05) is 25.3 Å². The van der Waals surface area contributed by atoms with E-state index in [0.29, 0.717) is 18.9 Å². The second-order valence-electron chi connectivity index (χ2n) is 5.82. The highest BCUT2D eigenvalue weighted by molar-refractivity contribution is 5.85. The summed E-state index contributed by atoms with van der Waals surface area (Å²) in [7, 11) is 4.87. The van der Waals surface area contributed by atoms with E-state index >= 15 is 0 Å². The van der Waals surface area contributed by atoms with Crippen molar-refractivity contribution in [2.45, 2.75) is 19.4 Å². The molecule has 0 aromatic heterocycles. The van der Waals surface area contributed by atoms with Gasteiger partial charge in [0.25, 0.3) is 0 Å². The lowest BCUT2D eigenvalue weighted by molar-refractivity contribution is -0.136. The van der Waals surface area contributed by atoms with Crippen LogP contribution >= 0.6 is 12.4 Å². The van der Waals surface area contributed by atoms with Crippen LogP contribution in [0.25, 0.3) is 0 Å². The average molecular weight is 359 g/mol. The van der Waals surface area contributed by atoms with Crippen LogP contribution < -0.4 is 20.1 Å². The van der Waals surface area contributed by atoms with Gasteiger partial charge in [-0.05, 0) is 38.1 Å². The number of hydrogen-bond acceptors (Lipinski definition) is 5. The van der Waals surface area contributed by atoms with Crippen LogP contribution in [-0.4, -0.2) is 46.9 Å². The first kappa shape index (κ1) is 20.5. The number of amides is 1. The standard InChI is InChI=1S/C17H26N2O4.ClH/c1-21-12-17(6-8-18-9-7-17)16(20)19-11-13-4-5-14(22-2)10-15(13)23-3;/h4-5,10,18H,6-9,11-12H2,1-3H3,(H,19,20);1H. The van der Waals surface area contributed by atoms with Crippen molar-refractivity contribution in [2.24, 2.45) is 5.41 Å². The Morgan fingerprint density at radius 2 is 1.92 bits per heavy atom. The third-order valence-corrected chi connectivity index (χ3v) is 4.40. The number of halogens is 1. The van der Waals surface area contributed by atoms with E-state index in [9.17, 15) is 4.79 Å². The van der Waals surface area contributed by atoms with Gasteiger partial charge >= 0.3 is 0 Å². The summed E-state index contributed by atoms with van der Waals surface area (Å²) in [6.07, 6.45) is 1.57. The summed E-state index contributed by atoms with van der Waals surface area (Å²) in [5.41, 5.74) is 0.475. The zero-order chi connectivity index (χ0) is 16.7. The summed E-state index contributed by atoms with van der Waals surface area (Å²) >= 11 is 0. The molecule has 0 aliphatic carbocycles. The quantitative estimate of drug-likeness (QED) is 0.777. The molecule has 7 heteroatoms. The molecule has 1 amide bonds. The fourth-order valence-electron chi connectivity index (χ4n) is 2.98. The first-order valence-electron chi connectivity index (χ1n) is 7.84. The molecule has 0 bridgehead atoms. The van der Waals surface area contributed by atoms with Crippen molar-refractivity contribution in [3.05, 3.63) is 23.8 Å². The number of carbonyl (C=O) groups excluding carboxylic acids is 1. The van der Waals surface area contributed by atoms with Gasteiger partial charge in [0.2, 0.25) is 5.91 Å². The maximum atomic E-state index is 12.7. The molecule has 1 fully saturated rings. The molecule has 0 radical (unpaired) electrons. The molecule has 0 spiro atoms. The van der Waals surface area contributed by atoms with Crippen molar-refractivity contribution in [2.75, 3.05) is 41.0 Å². The smallest absolute Gasteiger partial charge is 0.228 e. The van der Waals surface area contributed by atoms with Crippen molar-refractivity contribution < 1.29 is 19.0 Å². The Morgan fingerprint density at radius 1 is 1.21 bits per heavy atom. The lowest BCUT2D eigenvalue weighted by Crippen LogP contribution is -2.49. The summed E-state index contributed by atoms with van der Waals surface area (Å²) in [6, 6.07) is 5.58. The highest BCUT2D eigenvalue weighted by Gasteiger charge is 2.39. The molecule has 1 aromatic rings. The van der Waals surface area contributed by atoms with Gasteiger partial charge in [-0.25, -0.2) is 0 Å². The molecule has 24 heavy (non-hydrogen) atoms. The van der Waals surface area contributed by atoms with Gasteiger partial charge in [-0.3, -0.25) is 4.79 Å². The summed E-state index contributed by atoms with van der Waals surface area (Å²) < 4.78 is 15.9. The minimum absolute atomic E-state index is 0. The average Bonchev–Trinajstić information content (AvgIpc) is 2.60. The van der Waals surface area contributed by atoms with Crippen LogP contribution in [0.5, 0.6) is 11.5 Å². The van der Waals surface area contributed by atoms with Crippen LogP contribution in [0.2, 0.25) is 0 Å². The van der Waals surface area contributed by atoms with E-state index < -0.39 is 5.41 Å². The zero-order valence-corrected chi connectivity index (χ0v) is 15.3. The van der Waals surface area contributed by atoms with Crippen molar-refractivity contribution in [1.82, 2.24) is 10.6 Å². The van der Waals surface area contributed by atoms with Crippen LogP contribution in [0.4, 0.5) is 0 Å². The molecule has 136 valence electrons. The molecular weight excluding hydrogens is 332 g/mol. The molecule has 1 saturated heterocycles. The molecule has 0 atom stereocenters. The predicted molar refractivity (Wildman–Crippen MR) is 95.1 cm³/mol. The summed E-state index contributed by atoms with van der Waals surface area (Å²) in [4.78, 5) is 12.7. The van der Waals surface area contributed by atoms with Crippen LogP contribution in [0.3, 0.4) is 0 Å². The van der Waals surface area contributed by atoms with Gasteiger partial charge in [0.15, 0.2) is 0 Å². The number of piperidine rings is 1. The normalized spacial score (nSPS) is 16.0. The van der Waals surface area contributed by atoms with Gasteiger partial charge in [-0.15, -0.1) is 12.4 Å². The molecule has 1 aliphatic rings. The van der Waals surface area contributed by atoms with Crippen LogP contribution in [0, 0.1) is 5.41 Å². The van der Waals surface area contributed by atoms with E-state index in [1.807, 2.05) is 18.2 Å². The third-order valence-electron chi connectivity index (χ3n) is 4.40. The Morgan fingerprint density at radius 3 is 2.50 bits per heavy atom. The molecule has 1 aliphatic heterocycles. The van der Waals surface area contributed by atoms with Crippen LogP contribution in [-0.2, 0) is 16.1 Å². The Balaban J connectivity index is 0.00000288. The largest absolute Gasteiger partial charge is 0.497 e. The molecule has 6 nitrogen and oxygen atoms in total. The first-order chi connectivity index (χ1) is 11.1. The maximum absolute atomic E-state index is 12.7. The Kier molecular flexibility index (Phi) is 8.31. The highest BCUT2D eigenvalue weighted by Crippen LogP contribution is 2.30. The zero-order valence-electron chi connectivity index (χ0n) is 14.5. The fourth-order valence-corrected chi connectivity index (χ4v) is 2.98. The third kappa shape index (κ3) is 4.75. The number of carbonyl (C=O) groups is 1. The fraction of sp³-hybridized carbons (Fsp3) is 0.588. The Labute approximate surface area is 149 Å². The van der Waals surface area contributed by atoms with E-state index in [2.05, 4.69) is 10.6 Å². The number of hydrogen-bond donors (Lipinski definition) is 2. The van der Waals surface area contributed by atoms with Crippen molar-refractivity contribution in [3.63, 3.8) is 0 Å². The van der Waals surface area contributed by atoms with E-state index in [1.165, 1.54) is 0 Å². The van der Waals surface area contributed by atoms with Gasteiger partial charge < -0.3 is 24.8 Å². The van der Waals surface area contributed by atoms with E-state index in [4.69, 9.17) is 14.2 Å². The van der Waals surface area contributed by atoms with Gasteiger partial charge in [-0.2, -0.15) is 0 Å².